The second-order valence-corrected chi connectivity index (χ2v) is 6.17. The van der Waals surface area contributed by atoms with Crippen molar-refractivity contribution in [3.8, 4) is 11.7 Å². The molecule has 0 unspecified atom stereocenters. The number of hydrogen-bond donors (Lipinski definition) is 0. The van der Waals surface area contributed by atoms with E-state index in [1.807, 2.05) is 5.82 Å². The zero-order valence-corrected chi connectivity index (χ0v) is 13.0. The average molecular weight is 332 g/mol. The molecule has 0 fully saturated rings. The van der Waals surface area contributed by atoms with Crippen LogP contribution in [0, 0.1) is 11.7 Å². The van der Waals surface area contributed by atoms with Crippen LogP contribution in [0.2, 0.25) is 0 Å². The Hall–Kier alpha value is -1.31. The van der Waals surface area contributed by atoms with Crippen LogP contribution in [0.1, 0.15) is 21.6 Å². The van der Waals surface area contributed by atoms with E-state index in [-0.39, 0.29) is 10.9 Å². The third-order valence-electron chi connectivity index (χ3n) is 2.30. The quantitative estimate of drug-likeness (QED) is 0.249. The second kappa shape index (κ2) is 7.63. The van der Waals surface area contributed by atoms with E-state index in [0.29, 0.717) is 5.56 Å². The summed E-state index contributed by atoms with van der Waals surface area (Å²) in [6, 6.07) is 8.25. The van der Waals surface area contributed by atoms with Crippen molar-refractivity contribution in [1.82, 2.24) is 0 Å². The lowest BCUT2D eigenvalue weighted by molar-refractivity contribution is -0.413. The standard InChI is InChI=1S/C15H16BCl2F2N/c1-3-4-12-21(13-15(2,17)18)16(19,20)11-10-14-8-6-5-7-9-14/h3,5-9,13H,1,4,12H2,2H3/b21-13-/i12D2. The first kappa shape index (κ1) is 14.6. The van der Waals surface area contributed by atoms with Gasteiger partial charge in [0.05, 0.1) is 2.74 Å². The first-order valence-corrected chi connectivity index (χ1v) is 6.97. The molecule has 0 bridgehead atoms. The molecular weight excluding hydrogens is 314 g/mol. The van der Waals surface area contributed by atoms with Crippen molar-refractivity contribution >= 4 is 36.3 Å². The molecule has 0 saturated carbocycles. The van der Waals surface area contributed by atoms with Crippen LogP contribution in [0.5, 0.6) is 0 Å². The molecule has 0 spiro atoms. The van der Waals surface area contributed by atoms with Crippen LogP contribution in [0.15, 0.2) is 43.0 Å². The predicted molar refractivity (Wildman–Crippen MR) is 87.4 cm³/mol. The highest BCUT2D eigenvalue weighted by Gasteiger charge is 2.39. The summed E-state index contributed by atoms with van der Waals surface area (Å²) in [5.74, 6) is 4.20. The number of halogens is 4. The molecular formula is C15H16BCl2F2N. The molecule has 0 radical (unpaired) electrons. The minimum absolute atomic E-state index is 0.199. The van der Waals surface area contributed by atoms with E-state index < -0.39 is 17.7 Å². The van der Waals surface area contributed by atoms with Gasteiger partial charge in [-0.05, 0) is 19.1 Å². The summed E-state index contributed by atoms with van der Waals surface area (Å²) in [6.45, 7) is -2.34. The van der Waals surface area contributed by atoms with Crippen molar-refractivity contribution in [3.05, 3.63) is 48.6 Å². The second-order valence-electron chi connectivity index (χ2n) is 4.40. The van der Waals surface area contributed by atoms with Gasteiger partial charge < -0.3 is 13.1 Å². The van der Waals surface area contributed by atoms with Gasteiger partial charge in [0.1, 0.15) is 12.7 Å². The van der Waals surface area contributed by atoms with Gasteiger partial charge in [-0.25, -0.2) is 0 Å². The molecule has 21 heavy (non-hydrogen) atoms. The Morgan fingerprint density at radius 2 is 2.05 bits per heavy atom. The van der Waals surface area contributed by atoms with Crippen molar-refractivity contribution in [2.75, 3.05) is 6.50 Å². The van der Waals surface area contributed by atoms with Crippen LogP contribution in [0.4, 0.5) is 8.63 Å². The molecule has 0 aliphatic heterocycles. The molecule has 0 atom stereocenters. The van der Waals surface area contributed by atoms with Crippen LogP contribution in [0.3, 0.4) is 0 Å². The van der Waals surface area contributed by atoms with E-state index in [4.69, 9.17) is 25.9 Å². The van der Waals surface area contributed by atoms with Gasteiger partial charge in [-0.2, -0.15) is 0 Å². The minimum Gasteiger partial charge on any atom is -0.400 e. The van der Waals surface area contributed by atoms with E-state index >= 15 is 0 Å². The Labute approximate surface area is 137 Å². The summed E-state index contributed by atoms with van der Waals surface area (Å²) >= 11 is 11.5. The molecule has 1 aromatic rings. The predicted octanol–water partition coefficient (Wildman–Crippen LogP) is 4.31. The molecule has 112 valence electrons. The van der Waals surface area contributed by atoms with Crippen LogP contribution in [-0.4, -0.2) is 28.4 Å². The SMILES string of the molecule is [2H]C([2H])(CC=C)/[N+](=C/C(C)(Cl)Cl)[B-](F)(F)C#Cc1ccccc1. The van der Waals surface area contributed by atoms with Crippen LogP contribution < -0.4 is 0 Å². The Morgan fingerprint density at radius 1 is 1.43 bits per heavy atom. The van der Waals surface area contributed by atoms with E-state index in [9.17, 15) is 8.63 Å². The highest BCUT2D eigenvalue weighted by atomic mass is 35.5. The average Bonchev–Trinajstić information content (AvgIpc) is 2.43. The van der Waals surface area contributed by atoms with Gasteiger partial charge in [0.15, 0.2) is 4.33 Å². The van der Waals surface area contributed by atoms with Crippen molar-refractivity contribution in [2.45, 2.75) is 17.7 Å². The number of benzene rings is 1. The van der Waals surface area contributed by atoms with Gasteiger partial charge in [-0.3, -0.25) is 0 Å². The maximum absolute atomic E-state index is 14.5. The van der Waals surface area contributed by atoms with Gasteiger partial charge >= 0.3 is 6.84 Å². The molecule has 1 rings (SSSR count). The fourth-order valence-corrected chi connectivity index (χ4v) is 1.64. The largest absolute Gasteiger partial charge is 0.685 e. The van der Waals surface area contributed by atoms with Crippen LogP contribution >= 0.6 is 23.2 Å². The van der Waals surface area contributed by atoms with Crippen molar-refractivity contribution in [1.29, 1.82) is 0 Å². The van der Waals surface area contributed by atoms with Crippen molar-refractivity contribution < 1.29 is 15.9 Å². The molecule has 0 amide bonds. The molecule has 0 N–H and O–H groups in total. The summed E-state index contributed by atoms with van der Waals surface area (Å²) in [5.41, 5.74) is 0.401. The van der Waals surface area contributed by atoms with Crippen LogP contribution in [0.25, 0.3) is 0 Å². The molecule has 1 aromatic carbocycles. The highest BCUT2D eigenvalue weighted by molar-refractivity contribution is 6.67. The lowest BCUT2D eigenvalue weighted by atomic mass is 9.79. The Bertz CT molecular complexity index is 647. The molecule has 0 aliphatic carbocycles. The maximum Gasteiger partial charge on any atom is 0.685 e. The van der Waals surface area contributed by atoms with Gasteiger partial charge in [0.25, 0.3) is 0 Å². The molecule has 0 saturated heterocycles. The van der Waals surface area contributed by atoms with Gasteiger partial charge in [-0.15, -0.1) is 18.3 Å². The summed E-state index contributed by atoms with van der Waals surface area (Å²) in [7, 11) is 0. The highest BCUT2D eigenvalue weighted by Crippen LogP contribution is 2.19. The van der Waals surface area contributed by atoms with Crippen molar-refractivity contribution in [3.63, 3.8) is 0 Å². The maximum atomic E-state index is 14.5. The van der Waals surface area contributed by atoms with E-state index in [1.54, 1.807) is 30.3 Å². The van der Waals surface area contributed by atoms with E-state index in [2.05, 4.69) is 12.5 Å². The minimum atomic E-state index is -4.56. The summed E-state index contributed by atoms with van der Waals surface area (Å²) < 4.78 is 43.2. The molecule has 0 aromatic heterocycles. The first-order chi connectivity index (χ1) is 10.5. The van der Waals surface area contributed by atoms with Gasteiger partial charge in [0.2, 0.25) is 0 Å². The van der Waals surface area contributed by atoms with Gasteiger partial charge in [0, 0.05) is 12.0 Å². The number of alkyl halides is 2. The first-order valence-electron chi connectivity index (χ1n) is 7.21. The lowest BCUT2D eigenvalue weighted by Gasteiger charge is -2.19. The monoisotopic (exact) mass is 331 g/mol. The fourth-order valence-electron chi connectivity index (χ4n) is 1.43. The molecule has 0 aliphatic rings. The Morgan fingerprint density at radius 3 is 2.57 bits per heavy atom. The number of hydrogen-bond acceptors (Lipinski definition) is 0. The Kier molecular flexibility index (Phi) is 5.31. The third kappa shape index (κ3) is 6.79. The smallest absolute Gasteiger partial charge is 0.400 e. The summed E-state index contributed by atoms with van der Waals surface area (Å²) in [5, 5.41) is 0. The lowest BCUT2D eigenvalue weighted by Crippen LogP contribution is -2.42. The van der Waals surface area contributed by atoms with Crippen molar-refractivity contribution in [2.24, 2.45) is 0 Å². The molecule has 0 heterocycles. The zero-order chi connectivity index (χ0) is 17.7. The third-order valence-corrected chi connectivity index (χ3v) is 2.49. The zero-order valence-electron chi connectivity index (χ0n) is 13.5. The van der Waals surface area contributed by atoms with Crippen LogP contribution in [-0.2, 0) is 0 Å². The normalized spacial score (nSPS) is 14.6. The summed E-state index contributed by atoms with van der Waals surface area (Å²) in [4.78, 5) is 0. The number of nitrogens with zero attached hydrogens (tertiary/aromatic N) is 1. The number of rotatable bonds is 5. The molecule has 6 heteroatoms. The summed E-state index contributed by atoms with van der Waals surface area (Å²) in [6.07, 6.45) is 1.62. The topological polar surface area (TPSA) is 3.01 Å². The van der Waals surface area contributed by atoms with E-state index in [1.165, 1.54) is 13.0 Å². The Balaban J connectivity index is 3.33. The van der Waals surface area contributed by atoms with Gasteiger partial charge in [-0.1, -0.05) is 47.5 Å². The fraction of sp³-hybridized carbons (Fsp3) is 0.267. The van der Waals surface area contributed by atoms with E-state index in [0.717, 1.165) is 6.21 Å². The molecule has 1 nitrogen and oxygen atoms in total.